The Labute approximate surface area is 91.1 Å². The number of nitrogens with one attached hydrogen (secondary N) is 2. The summed E-state index contributed by atoms with van der Waals surface area (Å²) in [7, 11) is 0. The third kappa shape index (κ3) is 4.44. The fourth-order valence-corrected chi connectivity index (χ4v) is 1.44. The number of aromatic amines is 1. The summed E-state index contributed by atoms with van der Waals surface area (Å²) >= 11 is 0. The highest BCUT2D eigenvalue weighted by atomic mass is 16.3. The van der Waals surface area contributed by atoms with Crippen molar-refractivity contribution < 1.29 is 5.11 Å². The molecule has 4 heteroatoms. The zero-order valence-electron chi connectivity index (χ0n) is 9.58. The van der Waals surface area contributed by atoms with Gasteiger partial charge in [0.05, 0.1) is 6.20 Å². The smallest absolute Gasteiger partial charge is 0.0535 e. The van der Waals surface area contributed by atoms with Crippen molar-refractivity contribution >= 4 is 0 Å². The quantitative estimate of drug-likeness (QED) is 0.594. The monoisotopic (exact) mass is 211 g/mol. The van der Waals surface area contributed by atoms with E-state index in [2.05, 4.69) is 22.4 Å². The predicted molar refractivity (Wildman–Crippen MR) is 60.5 cm³/mol. The van der Waals surface area contributed by atoms with Crippen molar-refractivity contribution in [2.45, 2.75) is 33.2 Å². The second kappa shape index (κ2) is 6.58. The molecule has 0 radical (unpaired) electrons. The zero-order valence-corrected chi connectivity index (χ0v) is 9.58. The Morgan fingerprint density at radius 3 is 3.00 bits per heavy atom. The fourth-order valence-electron chi connectivity index (χ4n) is 1.44. The van der Waals surface area contributed by atoms with Gasteiger partial charge in [-0.15, -0.1) is 0 Å². The van der Waals surface area contributed by atoms with Gasteiger partial charge in [0.15, 0.2) is 0 Å². The van der Waals surface area contributed by atoms with Crippen LogP contribution in [0.4, 0.5) is 0 Å². The maximum Gasteiger partial charge on any atom is 0.0535 e. The number of aliphatic hydroxyl groups excluding tert-OH is 1. The van der Waals surface area contributed by atoms with Crippen LogP contribution in [0.15, 0.2) is 6.20 Å². The molecule has 1 heterocycles. The average Bonchev–Trinajstić information content (AvgIpc) is 2.63. The molecule has 0 amide bonds. The molecule has 0 aromatic carbocycles. The van der Waals surface area contributed by atoms with E-state index in [1.807, 2.05) is 13.1 Å². The van der Waals surface area contributed by atoms with E-state index < -0.39 is 0 Å². The molecule has 0 bridgehead atoms. The van der Waals surface area contributed by atoms with Gasteiger partial charge >= 0.3 is 0 Å². The first kappa shape index (κ1) is 12.2. The predicted octanol–water partition coefficient (Wildman–Crippen LogP) is 1.22. The van der Waals surface area contributed by atoms with Crippen molar-refractivity contribution in [1.29, 1.82) is 0 Å². The number of aromatic nitrogens is 2. The molecule has 1 unspecified atom stereocenters. The van der Waals surface area contributed by atoms with E-state index in [4.69, 9.17) is 5.11 Å². The van der Waals surface area contributed by atoms with Crippen molar-refractivity contribution in [3.63, 3.8) is 0 Å². The van der Waals surface area contributed by atoms with Crippen molar-refractivity contribution in [1.82, 2.24) is 15.5 Å². The molecule has 4 nitrogen and oxygen atoms in total. The minimum Gasteiger partial charge on any atom is -0.396 e. The van der Waals surface area contributed by atoms with E-state index in [-0.39, 0.29) is 0 Å². The van der Waals surface area contributed by atoms with Crippen molar-refractivity contribution in [3.05, 3.63) is 17.5 Å². The highest BCUT2D eigenvalue weighted by Crippen LogP contribution is 2.04. The number of aliphatic hydroxyl groups is 1. The highest BCUT2D eigenvalue weighted by Gasteiger charge is 2.00. The van der Waals surface area contributed by atoms with Gasteiger partial charge in [-0.2, -0.15) is 5.10 Å². The Morgan fingerprint density at radius 2 is 2.40 bits per heavy atom. The molecule has 1 atom stereocenters. The standard InChI is InChI=1S/C11H21N3O/c1-9(8-15)4-3-5-12-6-11-7-13-14-10(11)2/h7,9,12,15H,3-6,8H2,1-2H3,(H,13,14). The number of hydrogen-bond donors (Lipinski definition) is 3. The first-order chi connectivity index (χ1) is 7.24. The maximum absolute atomic E-state index is 8.85. The van der Waals surface area contributed by atoms with Crippen LogP contribution in [-0.4, -0.2) is 28.5 Å². The molecule has 0 aliphatic rings. The molecule has 0 saturated carbocycles. The Morgan fingerprint density at radius 1 is 1.60 bits per heavy atom. The molecule has 3 N–H and O–H groups in total. The van der Waals surface area contributed by atoms with Gasteiger partial charge in [0.25, 0.3) is 0 Å². The third-order valence-corrected chi connectivity index (χ3v) is 2.61. The van der Waals surface area contributed by atoms with Gasteiger partial charge in [0.1, 0.15) is 0 Å². The SMILES string of the molecule is Cc1[nH]ncc1CNCCCC(C)CO. The van der Waals surface area contributed by atoms with Crippen LogP contribution >= 0.6 is 0 Å². The molecule has 15 heavy (non-hydrogen) atoms. The van der Waals surface area contributed by atoms with E-state index in [0.717, 1.165) is 31.6 Å². The molecular weight excluding hydrogens is 190 g/mol. The van der Waals surface area contributed by atoms with Crippen LogP contribution < -0.4 is 5.32 Å². The summed E-state index contributed by atoms with van der Waals surface area (Å²) in [6, 6.07) is 0. The molecule has 0 saturated heterocycles. The number of H-pyrrole nitrogens is 1. The van der Waals surface area contributed by atoms with Gasteiger partial charge in [0.2, 0.25) is 0 Å². The summed E-state index contributed by atoms with van der Waals surface area (Å²) in [4.78, 5) is 0. The first-order valence-corrected chi connectivity index (χ1v) is 5.54. The molecule has 0 spiro atoms. The summed E-state index contributed by atoms with van der Waals surface area (Å²) in [5.41, 5.74) is 2.36. The molecule has 86 valence electrons. The topological polar surface area (TPSA) is 60.9 Å². The number of nitrogens with zero attached hydrogens (tertiary/aromatic N) is 1. The largest absolute Gasteiger partial charge is 0.396 e. The Kier molecular flexibility index (Phi) is 5.36. The fraction of sp³-hybridized carbons (Fsp3) is 0.727. The van der Waals surface area contributed by atoms with Crippen LogP contribution in [-0.2, 0) is 6.54 Å². The van der Waals surface area contributed by atoms with Crippen LogP contribution in [0.5, 0.6) is 0 Å². The summed E-state index contributed by atoms with van der Waals surface area (Å²) in [6.45, 7) is 6.25. The van der Waals surface area contributed by atoms with Gasteiger partial charge in [-0.3, -0.25) is 5.10 Å². The molecule has 0 fully saturated rings. The van der Waals surface area contributed by atoms with Crippen molar-refractivity contribution in [2.24, 2.45) is 5.92 Å². The zero-order chi connectivity index (χ0) is 11.1. The van der Waals surface area contributed by atoms with Crippen molar-refractivity contribution in [2.75, 3.05) is 13.2 Å². The van der Waals surface area contributed by atoms with Crippen LogP contribution in [0.3, 0.4) is 0 Å². The Bertz CT molecular complexity index is 273. The molecule has 1 rings (SSSR count). The minimum atomic E-state index is 0.292. The van der Waals surface area contributed by atoms with E-state index >= 15 is 0 Å². The highest BCUT2D eigenvalue weighted by molar-refractivity contribution is 5.13. The summed E-state index contributed by atoms with van der Waals surface area (Å²) < 4.78 is 0. The normalized spacial score (nSPS) is 13.0. The van der Waals surface area contributed by atoms with Crippen molar-refractivity contribution in [3.8, 4) is 0 Å². The van der Waals surface area contributed by atoms with Gasteiger partial charge in [0, 0.05) is 24.4 Å². The molecular formula is C11H21N3O. The van der Waals surface area contributed by atoms with Gasteiger partial charge < -0.3 is 10.4 Å². The first-order valence-electron chi connectivity index (χ1n) is 5.54. The second-order valence-corrected chi connectivity index (χ2v) is 4.13. The lowest BCUT2D eigenvalue weighted by Gasteiger charge is -2.07. The summed E-state index contributed by atoms with van der Waals surface area (Å²) in [6.07, 6.45) is 4.05. The van der Waals surface area contributed by atoms with E-state index in [1.165, 1.54) is 5.56 Å². The second-order valence-electron chi connectivity index (χ2n) is 4.13. The molecule has 0 aliphatic heterocycles. The molecule has 1 aromatic heterocycles. The van der Waals surface area contributed by atoms with Gasteiger partial charge in [-0.1, -0.05) is 6.92 Å². The lowest BCUT2D eigenvalue weighted by Crippen LogP contribution is -2.16. The maximum atomic E-state index is 8.85. The number of rotatable bonds is 7. The van der Waals surface area contributed by atoms with Crippen LogP contribution in [0.25, 0.3) is 0 Å². The van der Waals surface area contributed by atoms with E-state index in [1.54, 1.807) is 0 Å². The van der Waals surface area contributed by atoms with E-state index in [0.29, 0.717) is 12.5 Å². The van der Waals surface area contributed by atoms with Crippen LogP contribution in [0.1, 0.15) is 31.0 Å². The van der Waals surface area contributed by atoms with Crippen LogP contribution in [0, 0.1) is 12.8 Å². The Balaban J connectivity index is 2.05. The summed E-state index contributed by atoms with van der Waals surface area (Å²) in [5, 5.41) is 19.1. The van der Waals surface area contributed by atoms with Gasteiger partial charge in [-0.25, -0.2) is 0 Å². The van der Waals surface area contributed by atoms with E-state index in [9.17, 15) is 0 Å². The average molecular weight is 211 g/mol. The molecule has 1 aromatic rings. The Hall–Kier alpha value is -0.870. The van der Waals surface area contributed by atoms with Gasteiger partial charge in [-0.05, 0) is 32.2 Å². The summed E-state index contributed by atoms with van der Waals surface area (Å²) in [5.74, 6) is 0.419. The number of aryl methyl sites for hydroxylation is 1. The number of hydrogen-bond acceptors (Lipinski definition) is 3. The lowest BCUT2D eigenvalue weighted by atomic mass is 10.1. The molecule has 0 aliphatic carbocycles. The minimum absolute atomic E-state index is 0.292. The third-order valence-electron chi connectivity index (χ3n) is 2.61. The van der Waals surface area contributed by atoms with Crippen LogP contribution in [0.2, 0.25) is 0 Å². The lowest BCUT2D eigenvalue weighted by molar-refractivity contribution is 0.228.